The molecule has 2 aromatic heterocycles. The summed E-state index contributed by atoms with van der Waals surface area (Å²) in [5.41, 5.74) is 10.9. The Morgan fingerprint density at radius 2 is 1.53 bits per heavy atom. The van der Waals surface area contributed by atoms with Crippen LogP contribution in [0.3, 0.4) is 0 Å². The van der Waals surface area contributed by atoms with Gasteiger partial charge in [0, 0.05) is 23.3 Å². The van der Waals surface area contributed by atoms with Gasteiger partial charge in [-0.1, -0.05) is 42.0 Å². The quantitative estimate of drug-likeness (QED) is 0.344. The summed E-state index contributed by atoms with van der Waals surface area (Å²) in [6, 6.07) is 23.2. The minimum atomic E-state index is -0.0527. The molecule has 2 unspecified atom stereocenters. The van der Waals surface area contributed by atoms with E-state index in [1.54, 1.807) is 0 Å². The summed E-state index contributed by atoms with van der Waals surface area (Å²) >= 11 is 5.89. The monoisotopic (exact) mass is 466 g/mol. The van der Waals surface area contributed by atoms with E-state index in [4.69, 9.17) is 17.2 Å². The zero-order valence-corrected chi connectivity index (χ0v) is 21.1. The molecule has 3 heterocycles. The highest BCUT2D eigenvalue weighted by atomic mass is 32.1. The fraction of sp³-hybridized carbons (Fsp3) is 0.241. The van der Waals surface area contributed by atoms with Crippen molar-refractivity contribution in [3.63, 3.8) is 0 Å². The van der Waals surface area contributed by atoms with Crippen molar-refractivity contribution in [2.75, 3.05) is 4.90 Å². The zero-order chi connectivity index (χ0) is 24.0. The lowest BCUT2D eigenvalue weighted by atomic mass is 9.96. The van der Waals surface area contributed by atoms with Crippen LogP contribution in [0.25, 0.3) is 5.69 Å². The third-order valence-corrected chi connectivity index (χ3v) is 7.09. The fourth-order valence-electron chi connectivity index (χ4n) is 5.49. The van der Waals surface area contributed by atoms with Crippen molar-refractivity contribution in [2.45, 2.75) is 46.7 Å². The Labute approximate surface area is 207 Å². The van der Waals surface area contributed by atoms with Crippen LogP contribution in [-0.2, 0) is 0 Å². The number of aromatic nitrogens is 2. The van der Waals surface area contributed by atoms with Crippen LogP contribution in [0.1, 0.15) is 51.4 Å². The van der Waals surface area contributed by atoms with Crippen LogP contribution in [0.2, 0.25) is 0 Å². The number of nitrogens with zero attached hydrogens (tertiary/aromatic N) is 3. The first-order valence-electron chi connectivity index (χ1n) is 11.7. The minimum absolute atomic E-state index is 0.0178. The Morgan fingerprint density at radius 3 is 2.18 bits per heavy atom. The van der Waals surface area contributed by atoms with Gasteiger partial charge in [-0.3, -0.25) is 4.98 Å². The summed E-state index contributed by atoms with van der Waals surface area (Å²) in [5, 5.41) is 4.30. The molecule has 1 aliphatic heterocycles. The molecule has 5 heteroatoms. The number of pyridine rings is 1. The maximum absolute atomic E-state index is 5.89. The number of rotatable bonds is 4. The average molecular weight is 467 g/mol. The standard InChI is InChI=1S/C29H30N4S/c1-18-15-19(2)27(20(3)16-18)32-21(4)17-24(22(32)5)28-26(25-13-9-10-14-30-25)31-29(34)33(28)23-11-7-6-8-12-23/h6-17,26,28H,1-5H3,(H,31,34). The summed E-state index contributed by atoms with van der Waals surface area (Å²) in [7, 11) is 0. The van der Waals surface area contributed by atoms with Gasteiger partial charge in [0.1, 0.15) is 0 Å². The molecule has 0 amide bonds. The normalized spacial score (nSPS) is 17.8. The number of para-hydroxylation sites is 1. The Morgan fingerprint density at radius 1 is 0.853 bits per heavy atom. The Kier molecular flexibility index (Phi) is 5.74. The molecular weight excluding hydrogens is 436 g/mol. The molecule has 0 saturated carbocycles. The zero-order valence-electron chi connectivity index (χ0n) is 20.3. The molecule has 0 aliphatic carbocycles. The molecule has 1 aliphatic rings. The van der Waals surface area contributed by atoms with E-state index in [1.807, 2.05) is 24.4 Å². The molecule has 0 spiro atoms. The predicted octanol–water partition coefficient (Wildman–Crippen LogP) is 6.59. The van der Waals surface area contributed by atoms with Gasteiger partial charge in [0.2, 0.25) is 0 Å². The van der Waals surface area contributed by atoms with Gasteiger partial charge >= 0.3 is 0 Å². The van der Waals surface area contributed by atoms with Gasteiger partial charge in [-0.2, -0.15) is 0 Å². The SMILES string of the molecule is Cc1cc(C)c(-n2c(C)cc(C3C(c4ccccn4)NC(=S)N3c3ccccc3)c2C)c(C)c1. The Bertz CT molecular complexity index is 1330. The van der Waals surface area contributed by atoms with E-state index in [0.717, 1.165) is 16.5 Å². The molecular formula is C29H30N4S. The van der Waals surface area contributed by atoms with E-state index in [9.17, 15) is 0 Å². The van der Waals surface area contributed by atoms with Crippen LogP contribution in [0.5, 0.6) is 0 Å². The first-order chi connectivity index (χ1) is 16.4. The smallest absolute Gasteiger partial charge is 0.174 e. The summed E-state index contributed by atoms with van der Waals surface area (Å²) in [6.45, 7) is 11.0. The van der Waals surface area contributed by atoms with Gasteiger partial charge in [-0.05, 0) is 93.9 Å². The molecule has 172 valence electrons. The van der Waals surface area contributed by atoms with Gasteiger partial charge in [0.15, 0.2) is 5.11 Å². The van der Waals surface area contributed by atoms with Crippen molar-refractivity contribution in [1.82, 2.24) is 14.9 Å². The highest BCUT2D eigenvalue weighted by Gasteiger charge is 2.42. The average Bonchev–Trinajstić information content (AvgIpc) is 3.30. The predicted molar refractivity (Wildman–Crippen MR) is 144 cm³/mol. The highest BCUT2D eigenvalue weighted by Crippen LogP contribution is 2.44. The van der Waals surface area contributed by atoms with Crippen molar-refractivity contribution >= 4 is 23.0 Å². The number of anilines is 1. The maximum atomic E-state index is 5.89. The number of aryl methyl sites for hydroxylation is 4. The van der Waals surface area contributed by atoms with E-state index < -0.39 is 0 Å². The molecule has 34 heavy (non-hydrogen) atoms. The summed E-state index contributed by atoms with van der Waals surface area (Å²) < 4.78 is 2.40. The lowest BCUT2D eigenvalue weighted by Gasteiger charge is -2.28. The van der Waals surface area contributed by atoms with Gasteiger partial charge in [0.05, 0.1) is 23.5 Å². The molecule has 4 nitrogen and oxygen atoms in total. The maximum Gasteiger partial charge on any atom is 0.174 e. The highest BCUT2D eigenvalue weighted by molar-refractivity contribution is 7.80. The number of hydrogen-bond acceptors (Lipinski definition) is 2. The van der Waals surface area contributed by atoms with Crippen molar-refractivity contribution in [1.29, 1.82) is 0 Å². The number of nitrogens with one attached hydrogen (secondary N) is 1. The van der Waals surface area contributed by atoms with E-state index in [0.29, 0.717) is 0 Å². The molecule has 2 atom stereocenters. The number of thiocarbonyl (C=S) groups is 1. The van der Waals surface area contributed by atoms with Gasteiger partial charge in [-0.25, -0.2) is 0 Å². The molecule has 2 aromatic carbocycles. The number of hydrogen-bond donors (Lipinski definition) is 1. The molecule has 1 fully saturated rings. The Balaban J connectivity index is 1.71. The minimum Gasteiger partial charge on any atom is -0.351 e. The lowest BCUT2D eigenvalue weighted by Crippen LogP contribution is -2.29. The van der Waals surface area contributed by atoms with Crippen LogP contribution in [0, 0.1) is 34.6 Å². The topological polar surface area (TPSA) is 33.1 Å². The van der Waals surface area contributed by atoms with Crippen molar-refractivity contribution in [3.05, 3.63) is 112 Å². The summed E-state index contributed by atoms with van der Waals surface area (Å²) in [5.74, 6) is 0. The van der Waals surface area contributed by atoms with E-state index in [2.05, 4.69) is 97.9 Å². The largest absolute Gasteiger partial charge is 0.351 e. The lowest BCUT2D eigenvalue weighted by molar-refractivity contribution is 0.565. The third-order valence-electron chi connectivity index (χ3n) is 6.78. The Hall–Kier alpha value is -3.44. The van der Waals surface area contributed by atoms with Crippen LogP contribution in [0.15, 0.2) is 72.9 Å². The van der Waals surface area contributed by atoms with Crippen LogP contribution < -0.4 is 10.2 Å². The molecule has 1 N–H and O–H groups in total. The van der Waals surface area contributed by atoms with Gasteiger partial charge in [0.25, 0.3) is 0 Å². The van der Waals surface area contributed by atoms with Gasteiger partial charge in [-0.15, -0.1) is 0 Å². The third kappa shape index (κ3) is 3.70. The fourth-order valence-corrected chi connectivity index (χ4v) is 5.84. The second kappa shape index (κ2) is 8.73. The summed E-state index contributed by atoms with van der Waals surface area (Å²) in [6.07, 6.45) is 1.85. The second-order valence-corrected chi connectivity index (χ2v) is 9.63. The second-order valence-electron chi connectivity index (χ2n) is 9.24. The molecule has 5 rings (SSSR count). The van der Waals surface area contributed by atoms with Crippen molar-refractivity contribution < 1.29 is 0 Å². The van der Waals surface area contributed by atoms with Crippen LogP contribution in [-0.4, -0.2) is 14.7 Å². The number of benzene rings is 2. The first-order valence-corrected chi connectivity index (χ1v) is 12.1. The van der Waals surface area contributed by atoms with Crippen molar-refractivity contribution in [2.24, 2.45) is 0 Å². The molecule has 1 saturated heterocycles. The van der Waals surface area contributed by atoms with E-state index in [1.165, 1.54) is 39.3 Å². The van der Waals surface area contributed by atoms with Gasteiger partial charge < -0.3 is 14.8 Å². The molecule has 0 bridgehead atoms. The van der Waals surface area contributed by atoms with Crippen LogP contribution >= 0.6 is 12.2 Å². The molecule has 0 radical (unpaired) electrons. The first kappa shape index (κ1) is 22.4. The summed E-state index contributed by atoms with van der Waals surface area (Å²) in [4.78, 5) is 6.94. The van der Waals surface area contributed by atoms with Crippen LogP contribution in [0.4, 0.5) is 5.69 Å². The van der Waals surface area contributed by atoms with E-state index in [-0.39, 0.29) is 12.1 Å². The van der Waals surface area contributed by atoms with Crippen molar-refractivity contribution in [3.8, 4) is 5.69 Å². The molecule has 4 aromatic rings. The van der Waals surface area contributed by atoms with E-state index >= 15 is 0 Å².